The lowest BCUT2D eigenvalue weighted by atomic mass is 9.76. The fourth-order valence-corrected chi connectivity index (χ4v) is 7.81. The van der Waals surface area contributed by atoms with E-state index in [4.69, 9.17) is 0 Å². The normalized spacial score (nSPS) is 29.2. The van der Waals surface area contributed by atoms with E-state index in [0.717, 1.165) is 43.4 Å². The number of aliphatic hydroxyl groups is 1. The first-order valence-electron chi connectivity index (χ1n) is 11.4. The third kappa shape index (κ3) is 3.97. The molecule has 1 amide bonds. The Labute approximate surface area is 192 Å². The van der Waals surface area contributed by atoms with Crippen molar-refractivity contribution in [1.82, 2.24) is 0 Å². The molecule has 3 fully saturated rings. The Morgan fingerprint density at radius 1 is 1.00 bits per heavy atom. The highest BCUT2D eigenvalue weighted by molar-refractivity contribution is 7.92. The first kappa shape index (κ1) is 22.5. The minimum Gasteiger partial charge on any atom is -0.390 e. The largest absolute Gasteiger partial charge is 0.390 e. The molecule has 3 aliphatic rings. The molecule has 2 bridgehead atoms. The monoisotopic (exact) mass is 475 g/mol. The molecule has 0 spiro atoms. The van der Waals surface area contributed by atoms with Gasteiger partial charge in [-0.1, -0.05) is 6.07 Å². The average molecular weight is 476 g/mol. The molecule has 8 heteroatoms. The van der Waals surface area contributed by atoms with E-state index in [9.17, 15) is 27.1 Å². The third-order valence-electron chi connectivity index (χ3n) is 7.83. The van der Waals surface area contributed by atoms with Crippen LogP contribution in [0.4, 0.5) is 14.5 Å². The zero-order chi connectivity index (χ0) is 23.5. The van der Waals surface area contributed by atoms with Crippen LogP contribution in [0.15, 0.2) is 41.3 Å². The topological polar surface area (TPSA) is 83.5 Å². The van der Waals surface area contributed by atoms with Gasteiger partial charge in [0.2, 0.25) is 0 Å². The molecule has 33 heavy (non-hydrogen) atoms. The molecule has 0 aliphatic heterocycles. The smallest absolute Gasteiger partial charge is 0.255 e. The fourth-order valence-electron chi connectivity index (χ4n) is 5.63. The predicted molar refractivity (Wildman–Crippen MR) is 120 cm³/mol. The number of benzene rings is 2. The van der Waals surface area contributed by atoms with Gasteiger partial charge in [-0.25, -0.2) is 17.2 Å². The van der Waals surface area contributed by atoms with Crippen molar-refractivity contribution in [3.05, 3.63) is 59.2 Å². The Kier molecular flexibility index (Phi) is 5.36. The summed E-state index contributed by atoms with van der Waals surface area (Å²) in [6, 6.07) is 7.76. The van der Waals surface area contributed by atoms with Crippen molar-refractivity contribution >= 4 is 21.4 Å². The number of amides is 1. The number of carbonyl (C=O) groups excluding carboxylic acids is 1. The summed E-state index contributed by atoms with van der Waals surface area (Å²) in [5.74, 6) is -2.60. The van der Waals surface area contributed by atoms with Crippen molar-refractivity contribution < 1.29 is 27.1 Å². The second kappa shape index (κ2) is 7.87. The van der Waals surface area contributed by atoms with Crippen LogP contribution in [0, 0.1) is 23.5 Å². The Morgan fingerprint density at radius 2 is 1.67 bits per heavy atom. The molecule has 0 saturated heterocycles. The Bertz CT molecular complexity index is 1210. The number of hydrogen-bond donors (Lipinski definition) is 2. The van der Waals surface area contributed by atoms with Gasteiger partial charge in [-0.3, -0.25) is 4.79 Å². The lowest BCUT2D eigenvalue weighted by molar-refractivity contribution is -0.0413. The second-order valence-electron chi connectivity index (χ2n) is 9.95. The average Bonchev–Trinajstić information content (AvgIpc) is 3.59. The summed E-state index contributed by atoms with van der Waals surface area (Å²) >= 11 is 0. The van der Waals surface area contributed by atoms with Crippen LogP contribution < -0.4 is 5.32 Å². The van der Waals surface area contributed by atoms with Crippen molar-refractivity contribution in [3.63, 3.8) is 0 Å². The van der Waals surface area contributed by atoms with Gasteiger partial charge in [0.25, 0.3) is 5.91 Å². The maximum atomic E-state index is 13.8. The Balaban J connectivity index is 1.46. The van der Waals surface area contributed by atoms with Crippen LogP contribution >= 0.6 is 0 Å². The van der Waals surface area contributed by atoms with Gasteiger partial charge in [0.05, 0.1) is 15.7 Å². The summed E-state index contributed by atoms with van der Waals surface area (Å²) in [6.45, 7) is 1.82. The zero-order valence-corrected chi connectivity index (χ0v) is 19.2. The van der Waals surface area contributed by atoms with E-state index in [1.165, 1.54) is 12.1 Å². The molecule has 3 aliphatic carbocycles. The summed E-state index contributed by atoms with van der Waals surface area (Å²) in [5.41, 5.74) is 0.149. The number of nitrogens with one attached hydrogen (secondary N) is 1. The molecule has 3 saturated carbocycles. The second-order valence-corrected chi connectivity index (χ2v) is 12.1. The minimum atomic E-state index is -3.72. The van der Waals surface area contributed by atoms with Crippen LogP contribution in [0.1, 0.15) is 67.3 Å². The van der Waals surface area contributed by atoms with Gasteiger partial charge >= 0.3 is 0 Å². The highest BCUT2D eigenvalue weighted by Crippen LogP contribution is 2.52. The SMILES string of the molecule is C[C@@]1(O)C2CC[C@H]1CC(S(=O)(=O)c1cc(C(=O)Nc3ccc(F)c(F)c3)ccc1C1CC1)C2. The molecule has 5 nitrogen and oxygen atoms in total. The highest BCUT2D eigenvalue weighted by Gasteiger charge is 2.53. The molecule has 0 radical (unpaired) electrons. The van der Waals surface area contributed by atoms with Gasteiger partial charge in [0.15, 0.2) is 21.5 Å². The van der Waals surface area contributed by atoms with Crippen LogP contribution in [0.2, 0.25) is 0 Å². The molecule has 0 heterocycles. The van der Waals surface area contributed by atoms with Crippen LogP contribution in [0.25, 0.3) is 0 Å². The standard InChI is InChI=1S/C25H27F2NO4S/c1-25(30)16-5-6-17(25)12-19(11-16)33(31,32)23-10-15(4-8-20(23)14-2-3-14)24(29)28-18-7-9-21(26)22(27)13-18/h4,7-10,13-14,16-17,19,30H,2-3,5-6,11-12H2,1H3,(H,28,29)/t16-,17?,19?,25-/m0/s1. The number of fused-ring (bicyclic) bond motifs is 2. The number of hydrogen-bond acceptors (Lipinski definition) is 4. The van der Waals surface area contributed by atoms with Crippen molar-refractivity contribution in [2.24, 2.45) is 11.8 Å². The van der Waals surface area contributed by atoms with Crippen LogP contribution in [-0.2, 0) is 9.84 Å². The summed E-state index contributed by atoms with van der Waals surface area (Å²) in [4.78, 5) is 13.0. The molecule has 0 aromatic heterocycles. The molecular formula is C25H27F2NO4S. The van der Waals surface area contributed by atoms with E-state index in [0.29, 0.717) is 12.8 Å². The number of anilines is 1. The third-order valence-corrected chi connectivity index (χ3v) is 10.1. The number of carbonyl (C=O) groups is 1. The van der Waals surface area contributed by atoms with E-state index >= 15 is 0 Å². The summed E-state index contributed by atoms with van der Waals surface area (Å²) in [7, 11) is -3.72. The van der Waals surface area contributed by atoms with Gasteiger partial charge in [-0.2, -0.15) is 0 Å². The summed E-state index contributed by atoms with van der Waals surface area (Å²) < 4.78 is 54.3. The van der Waals surface area contributed by atoms with Gasteiger partial charge in [0.1, 0.15) is 0 Å². The maximum absolute atomic E-state index is 13.8. The quantitative estimate of drug-likeness (QED) is 0.650. The van der Waals surface area contributed by atoms with Crippen LogP contribution in [-0.4, -0.2) is 30.3 Å². The molecule has 2 unspecified atom stereocenters. The van der Waals surface area contributed by atoms with E-state index in [1.807, 2.05) is 6.92 Å². The van der Waals surface area contributed by atoms with Crippen molar-refractivity contribution in [3.8, 4) is 0 Å². The molecule has 176 valence electrons. The maximum Gasteiger partial charge on any atom is 0.255 e. The minimum absolute atomic E-state index is 0.0414. The lowest BCUT2D eigenvalue weighted by Crippen LogP contribution is -2.45. The highest BCUT2D eigenvalue weighted by atomic mass is 32.2. The number of rotatable bonds is 5. The Hall–Kier alpha value is -2.32. The number of sulfone groups is 1. The van der Waals surface area contributed by atoms with Gasteiger partial charge in [-0.15, -0.1) is 0 Å². The van der Waals surface area contributed by atoms with E-state index < -0.39 is 38.2 Å². The van der Waals surface area contributed by atoms with E-state index in [1.54, 1.807) is 12.1 Å². The summed E-state index contributed by atoms with van der Waals surface area (Å²) in [6.07, 6.45) is 4.31. The molecule has 2 aromatic rings. The molecule has 2 aromatic carbocycles. The van der Waals surface area contributed by atoms with Crippen LogP contribution in [0.3, 0.4) is 0 Å². The van der Waals surface area contributed by atoms with Crippen molar-refractivity contribution in [1.29, 1.82) is 0 Å². The van der Waals surface area contributed by atoms with E-state index in [2.05, 4.69) is 5.32 Å². The fraction of sp³-hybridized carbons (Fsp3) is 0.480. The van der Waals surface area contributed by atoms with Crippen molar-refractivity contribution in [2.45, 2.75) is 67.1 Å². The molecule has 4 atom stereocenters. The molecule has 5 rings (SSSR count). The predicted octanol–water partition coefficient (Wildman–Crippen LogP) is 4.81. The molecule has 2 N–H and O–H groups in total. The zero-order valence-electron chi connectivity index (χ0n) is 18.4. The number of halogens is 2. The van der Waals surface area contributed by atoms with Crippen LogP contribution in [0.5, 0.6) is 0 Å². The van der Waals surface area contributed by atoms with Gasteiger partial charge in [-0.05, 0) is 93.0 Å². The first-order valence-corrected chi connectivity index (χ1v) is 13.0. The lowest BCUT2D eigenvalue weighted by Gasteiger charge is -2.40. The molecular weight excluding hydrogens is 448 g/mol. The summed E-state index contributed by atoms with van der Waals surface area (Å²) in [5, 5.41) is 12.7. The van der Waals surface area contributed by atoms with Gasteiger partial charge < -0.3 is 10.4 Å². The van der Waals surface area contributed by atoms with Gasteiger partial charge in [0, 0.05) is 17.3 Å². The Morgan fingerprint density at radius 3 is 2.27 bits per heavy atom. The first-order chi connectivity index (χ1) is 15.6. The van der Waals surface area contributed by atoms with Crippen molar-refractivity contribution in [2.75, 3.05) is 5.32 Å². The van der Waals surface area contributed by atoms with E-state index in [-0.39, 0.29) is 33.9 Å².